The molecule has 0 unspecified atom stereocenters. The minimum absolute atomic E-state index is 0.218. The molecule has 1 aromatic rings. The SMILES string of the molecule is CN(C(C)(C)C)S(=O)(=O)c1cc(B2OC(C)(C)C(C)(C)O2)cc(C(C)(C)C)c1. The Morgan fingerprint density at radius 2 is 1.36 bits per heavy atom. The predicted molar refractivity (Wildman–Crippen MR) is 116 cm³/mol. The molecule has 28 heavy (non-hydrogen) atoms. The van der Waals surface area contributed by atoms with Crippen molar-refractivity contribution in [3.05, 3.63) is 23.8 Å². The van der Waals surface area contributed by atoms with Gasteiger partial charge in [-0.2, -0.15) is 4.31 Å². The summed E-state index contributed by atoms with van der Waals surface area (Å²) in [7, 11) is -2.66. The summed E-state index contributed by atoms with van der Waals surface area (Å²) in [5, 5.41) is 0. The highest BCUT2D eigenvalue weighted by Gasteiger charge is 2.52. The van der Waals surface area contributed by atoms with E-state index in [2.05, 4.69) is 20.8 Å². The fourth-order valence-electron chi connectivity index (χ4n) is 2.84. The third kappa shape index (κ3) is 4.32. The van der Waals surface area contributed by atoms with Gasteiger partial charge in [0.05, 0.1) is 16.1 Å². The lowest BCUT2D eigenvalue weighted by Gasteiger charge is -2.32. The van der Waals surface area contributed by atoms with E-state index >= 15 is 0 Å². The van der Waals surface area contributed by atoms with Gasteiger partial charge in [0.15, 0.2) is 0 Å². The zero-order valence-corrected chi connectivity index (χ0v) is 20.1. The third-order valence-corrected chi connectivity index (χ3v) is 8.02. The van der Waals surface area contributed by atoms with Gasteiger partial charge in [-0.05, 0) is 77.0 Å². The van der Waals surface area contributed by atoms with Crippen LogP contribution in [0.5, 0.6) is 0 Å². The van der Waals surface area contributed by atoms with Crippen molar-refractivity contribution in [2.75, 3.05) is 7.05 Å². The topological polar surface area (TPSA) is 55.8 Å². The molecule has 0 atom stereocenters. The summed E-state index contributed by atoms with van der Waals surface area (Å²) in [6, 6.07) is 5.46. The molecule has 0 radical (unpaired) electrons. The molecule has 5 nitrogen and oxygen atoms in total. The maximum atomic E-state index is 13.3. The number of benzene rings is 1. The Morgan fingerprint density at radius 3 is 1.75 bits per heavy atom. The largest absolute Gasteiger partial charge is 0.494 e. The zero-order chi connectivity index (χ0) is 21.9. The van der Waals surface area contributed by atoms with Crippen LogP contribution < -0.4 is 5.46 Å². The third-order valence-electron chi connectivity index (χ3n) is 5.92. The first-order chi connectivity index (χ1) is 12.3. The van der Waals surface area contributed by atoms with Crippen molar-refractivity contribution in [3.8, 4) is 0 Å². The Morgan fingerprint density at radius 1 is 0.893 bits per heavy atom. The molecule has 2 rings (SSSR count). The average molecular weight is 409 g/mol. The number of nitrogens with zero attached hydrogens (tertiary/aromatic N) is 1. The van der Waals surface area contributed by atoms with Crippen LogP contribution >= 0.6 is 0 Å². The van der Waals surface area contributed by atoms with Gasteiger partial charge in [-0.1, -0.05) is 26.8 Å². The molecule has 1 saturated heterocycles. The van der Waals surface area contributed by atoms with E-state index < -0.39 is 33.9 Å². The lowest BCUT2D eigenvalue weighted by molar-refractivity contribution is 0.00578. The van der Waals surface area contributed by atoms with E-state index in [1.54, 1.807) is 19.2 Å². The van der Waals surface area contributed by atoms with Crippen LogP contribution in [0.15, 0.2) is 23.1 Å². The minimum Gasteiger partial charge on any atom is -0.399 e. The summed E-state index contributed by atoms with van der Waals surface area (Å²) in [6.07, 6.45) is 0. The van der Waals surface area contributed by atoms with Gasteiger partial charge in [-0.25, -0.2) is 8.42 Å². The Hall–Kier alpha value is -0.885. The normalized spacial score (nSPS) is 20.1. The second-order valence-electron chi connectivity index (χ2n) is 10.8. The van der Waals surface area contributed by atoms with Gasteiger partial charge in [0.25, 0.3) is 0 Å². The first kappa shape index (κ1) is 23.4. The first-order valence-electron chi connectivity index (χ1n) is 9.79. The summed E-state index contributed by atoms with van der Waals surface area (Å²) in [5.74, 6) is 0. The van der Waals surface area contributed by atoms with E-state index in [0.29, 0.717) is 0 Å². The summed E-state index contributed by atoms with van der Waals surface area (Å²) in [5.41, 5.74) is -0.0639. The second kappa shape index (κ2) is 6.83. The highest BCUT2D eigenvalue weighted by Crippen LogP contribution is 2.37. The molecule has 0 amide bonds. The molecule has 1 fully saturated rings. The maximum Gasteiger partial charge on any atom is 0.494 e. The average Bonchev–Trinajstić information content (AvgIpc) is 2.72. The molecule has 0 N–H and O–H groups in total. The lowest BCUT2D eigenvalue weighted by atomic mass is 9.75. The number of sulfonamides is 1. The number of hydrogen-bond donors (Lipinski definition) is 0. The molecule has 1 aromatic carbocycles. The molecule has 1 aliphatic heterocycles. The van der Waals surface area contributed by atoms with Crippen molar-refractivity contribution < 1.29 is 17.7 Å². The van der Waals surface area contributed by atoms with Crippen LogP contribution in [-0.4, -0.2) is 43.6 Å². The van der Waals surface area contributed by atoms with E-state index in [-0.39, 0.29) is 10.3 Å². The standard InChI is InChI=1S/C21H36BNO4S/c1-18(2,3)15-12-16(22-26-20(7,8)21(9,10)27-22)14-17(13-15)28(24,25)23(11)19(4,5)6/h12-14H,1-11H3. The monoisotopic (exact) mass is 409 g/mol. The quantitative estimate of drug-likeness (QED) is 0.715. The lowest BCUT2D eigenvalue weighted by Crippen LogP contribution is -2.43. The van der Waals surface area contributed by atoms with E-state index in [1.807, 2.05) is 54.5 Å². The van der Waals surface area contributed by atoms with E-state index in [1.165, 1.54) is 4.31 Å². The van der Waals surface area contributed by atoms with E-state index in [0.717, 1.165) is 11.0 Å². The number of rotatable bonds is 3. The van der Waals surface area contributed by atoms with Crippen LogP contribution in [-0.2, 0) is 24.7 Å². The zero-order valence-electron chi connectivity index (χ0n) is 19.3. The molecular weight excluding hydrogens is 373 g/mol. The summed E-state index contributed by atoms with van der Waals surface area (Å²) >= 11 is 0. The summed E-state index contributed by atoms with van der Waals surface area (Å²) in [4.78, 5) is 0.266. The Bertz CT molecular complexity index is 832. The van der Waals surface area contributed by atoms with Gasteiger partial charge < -0.3 is 9.31 Å². The van der Waals surface area contributed by atoms with Gasteiger partial charge >= 0.3 is 7.12 Å². The van der Waals surface area contributed by atoms with Crippen molar-refractivity contribution in [1.82, 2.24) is 4.31 Å². The summed E-state index contributed by atoms with van der Waals surface area (Å²) in [6.45, 7) is 19.8. The van der Waals surface area contributed by atoms with Gasteiger partial charge in [-0.3, -0.25) is 0 Å². The smallest absolute Gasteiger partial charge is 0.399 e. The van der Waals surface area contributed by atoms with Gasteiger partial charge in [0.2, 0.25) is 10.0 Å². The highest BCUT2D eigenvalue weighted by atomic mass is 32.2. The van der Waals surface area contributed by atoms with Gasteiger partial charge in [0.1, 0.15) is 0 Å². The molecule has 158 valence electrons. The fourth-order valence-corrected chi connectivity index (χ4v) is 4.44. The highest BCUT2D eigenvalue weighted by molar-refractivity contribution is 7.89. The fraction of sp³-hybridized carbons (Fsp3) is 0.714. The second-order valence-corrected chi connectivity index (χ2v) is 12.7. The van der Waals surface area contributed by atoms with Crippen LogP contribution in [0, 0.1) is 0 Å². The molecule has 7 heteroatoms. The Labute approximate surface area is 172 Å². The number of hydrogen-bond acceptors (Lipinski definition) is 4. The maximum absolute atomic E-state index is 13.3. The van der Waals surface area contributed by atoms with Crippen molar-refractivity contribution in [1.29, 1.82) is 0 Å². The molecule has 1 heterocycles. The van der Waals surface area contributed by atoms with Crippen LogP contribution in [0.25, 0.3) is 0 Å². The van der Waals surface area contributed by atoms with Crippen LogP contribution in [0.3, 0.4) is 0 Å². The van der Waals surface area contributed by atoms with E-state index in [9.17, 15) is 8.42 Å². The van der Waals surface area contributed by atoms with Crippen LogP contribution in [0.1, 0.15) is 74.8 Å². The Balaban J connectivity index is 2.63. The molecule has 1 aliphatic rings. The molecule has 0 saturated carbocycles. The van der Waals surface area contributed by atoms with E-state index in [4.69, 9.17) is 9.31 Å². The predicted octanol–water partition coefficient (Wildman–Crippen LogP) is 3.70. The molecule has 0 bridgehead atoms. The molecular formula is C21H36BNO4S. The van der Waals surface area contributed by atoms with Gasteiger partial charge in [-0.15, -0.1) is 0 Å². The Kier molecular flexibility index (Phi) is 5.71. The first-order valence-corrected chi connectivity index (χ1v) is 11.2. The molecule has 0 aliphatic carbocycles. The molecule has 0 spiro atoms. The van der Waals surface area contributed by atoms with Crippen LogP contribution in [0.2, 0.25) is 0 Å². The van der Waals surface area contributed by atoms with Crippen LogP contribution in [0.4, 0.5) is 0 Å². The summed E-state index contributed by atoms with van der Waals surface area (Å²) < 4.78 is 40.4. The van der Waals surface area contributed by atoms with Crippen molar-refractivity contribution >= 4 is 22.6 Å². The van der Waals surface area contributed by atoms with Gasteiger partial charge in [0, 0.05) is 12.6 Å². The minimum atomic E-state index is -3.67. The van der Waals surface area contributed by atoms with Crippen molar-refractivity contribution in [2.24, 2.45) is 0 Å². The van der Waals surface area contributed by atoms with Crippen molar-refractivity contribution in [2.45, 2.75) is 96.3 Å². The molecule has 0 aromatic heterocycles. The van der Waals surface area contributed by atoms with Crippen molar-refractivity contribution in [3.63, 3.8) is 0 Å².